The van der Waals surface area contributed by atoms with Crippen molar-refractivity contribution >= 4 is 51.4 Å². The van der Waals surface area contributed by atoms with E-state index in [9.17, 15) is 14.0 Å². The van der Waals surface area contributed by atoms with E-state index in [-0.39, 0.29) is 23.8 Å². The van der Waals surface area contributed by atoms with Crippen LogP contribution in [0.3, 0.4) is 0 Å². The lowest BCUT2D eigenvalue weighted by atomic mass is 10.0. The topological polar surface area (TPSA) is 61.9 Å². The van der Waals surface area contributed by atoms with Gasteiger partial charge in [-0.1, -0.05) is 41.4 Å². The minimum absolute atomic E-state index is 0.208. The van der Waals surface area contributed by atoms with Gasteiger partial charge in [0, 0.05) is 53.7 Å². The molecule has 0 aliphatic carbocycles. The molecule has 3 aromatic rings. The summed E-state index contributed by atoms with van der Waals surface area (Å²) in [5.41, 5.74) is 2.54. The number of benzene rings is 2. The standard InChI is InChI=1S/C25H24Cl2FN3O3S/c1-34-25(33)23-20(16-3-6-19(28)7-4-16)15-35-24(23)29-22(32)14-31-10-8-30(9-11-31)13-17-2-5-18(26)12-21(17)27/h2-7,12,15H,8-11,13-14H2,1H3,(H,29,32). The molecule has 2 heterocycles. The molecule has 0 bridgehead atoms. The van der Waals surface area contributed by atoms with Crippen LogP contribution in [0.15, 0.2) is 47.8 Å². The predicted octanol–water partition coefficient (Wildman–Crippen LogP) is 5.40. The van der Waals surface area contributed by atoms with Gasteiger partial charge in [0.25, 0.3) is 0 Å². The molecule has 1 fully saturated rings. The molecule has 10 heteroatoms. The Morgan fingerprint density at radius 2 is 1.74 bits per heavy atom. The van der Waals surface area contributed by atoms with Gasteiger partial charge >= 0.3 is 5.97 Å². The van der Waals surface area contributed by atoms with Crippen LogP contribution in [0.4, 0.5) is 9.39 Å². The molecule has 4 rings (SSSR count). The monoisotopic (exact) mass is 535 g/mol. The van der Waals surface area contributed by atoms with E-state index in [0.717, 1.165) is 38.3 Å². The predicted molar refractivity (Wildman–Crippen MR) is 138 cm³/mol. The number of carbonyl (C=O) groups excluding carboxylic acids is 2. The van der Waals surface area contributed by atoms with Gasteiger partial charge in [-0.3, -0.25) is 14.6 Å². The maximum atomic E-state index is 13.3. The van der Waals surface area contributed by atoms with Gasteiger partial charge in [-0.05, 0) is 35.4 Å². The highest BCUT2D eigenvalue weighted by Crippen LogP contribution is 2.36. The molecule has 0 spiro atoms. The van der Waals surface area contributed by atoms with Gasteiger partial charge in [-0.25, -0.2) is 9.18 Å². The summed E-state index contributed by atoms with van der Waals surface area (Å²) in [6.07, 6.45) is 0. The third-order valence-corrected chi connectivity index (χ3v) is 7.31. The van der Waals surface area contributed by atoms with Crippen LogP contribution in [0.1, 0.15) is 15.9 Å². The molecule has 1 aliphatic heterocycles. The molecular formula is C25H24Cl2FN3O3S. The summed E-state index contributed by atoms with van der Waals surface area (Å²) in [6, 6.07) is 11.3. The summed E-state index contributed by atoms with van der Waals surface area (Å²) in [6.45, 7) is 3.99. The third-order valence-electron chi connectivity index (χ3n) is 5.83. The number of methoxy groups -OCH3 is 1. The van der Waals surface area contributed by atoms with Crippen molar-refractivity contribution < 1.29 is 18.7 Å². The van der Waals surface area contributed by atoms with Gasteiger partial charge in [0.2, 0.25) is 5.91 Å². The Bertz CT molecular complexity index is 1210. The van der Waals surface area contributed by atoms with Crippen molar-refractivity contribution in [1.29, 1.82) is 0 Å². The zero-order valence-corrected chi connectivity index (χ0v) is 21.4. The molecule has 1 N–H and O–H groups in total. The number of esters is 1. The Morgan fingerprint density at radius 3 is 2.40 bits per heavy atom. The highest BCUT2D eigenvalue weighted by Gasteiger charge is 2.24. The van der Waals surface area contributed by atoms with E-state index in [1.54, 1.807) is 23.6 Å². The number of nitrogens with zero attached hydrogens (tertiary/aromatic N) is 2. The fraction of sp³-hybridized carbons (Fsp3) is 0.280. The summed E-state index contributed by atoms with van der Waals surface area (Å²) in [5.74, 6) is -1.14. The number of thiophene rings is 1. The van der Waals surface area contributed by atoms with Crippen LogP contribution in [0.2, 0.25) is 10.0 Å². The molecule has 1 aromatic heterocycles. The van der Waals surface area contributed by atoms with E-state index < -0.39 is 5.97 Å². The van der Waals surface area contributed by atoms with Gasteiger partial charge in [0.15, 0.2) is 0 Å². The van der Waals surface area contributed by atoms with E-state index in [2.05, 4.69) is 15.1 Å². The van der Waals surface area contributed by atoms with Crippen LogP contribution in [0, 0.1) is 5.82 Å². The molecule has 1 aliphatic rings. The normalized spacial score (nSPS) is 14.6. The van der Waals surface area contributed by atoms with E-state index in [1.807, 2.05) is 12.1 Å². The highest BCUT2D eigenvalue weighted by atomic mass is 35.5. The maximum Gasteiger partial charge on any atom is 0.341 e. The molecule has 0 atom stereocenters. The van der Waals surface area contributed by atoms with Gasteiger partial charge in [0.1, 0.15) is 16.4 Å². The number of hydrogen-bond donors (Lipinski definition) is 1. The highest BCUT2D eigenvalue weighted by molar-refractivity contribution is 7.15. The third kappa shape index (κ3) is 6.39. The smallest absolute Gasteiger partial charge is 0.341 e. The zero-order chi connectivity index (χ0) is 24.9. The second-order valence-corrected chi connectivity index (χ2v) is 9.91. The van der Waals surface area contributed by atoms with Gasteiger partial charge < -0.3 is 10.1 Å². The van der Waals surface area contributed by atoms with Crippen molar-refractivity contribution in [2.24, 2.45) is 0 Å². The number of halogens is 3. The van der Waals surface area contributed by atoms with Crippen LogP contribution >= 0.6 is 34.5 Å². The van der Waals surface area contributed by atoms with Crippen LogP contribution in [-0.2, 0) is 16.1 Å². The Morgan fingerprint density at radius 1 is 1.06 bits per heavy atom. The first kappa shape index (κ1) is 25.6. The molecule has 184 valence electrons. The quantitative estimate of drug-likeness (QED) is 0.410. The number of piperazine rings is 1. The van der Waals surface area contributed by atoms with E-state index in [0.29, 0.717) is 26.2 Å². The summed E-state index contributed by atoms with van der Waals surface area (Å²) < 4.78 is 18.3. The first-order chi connectivity index (χ1) is 16.8. The molecule has 0 radical (unpaired) electrons. The molecule has 0 saturated carbocycles. The minimum atomic E-state index is -0.560. The van der Waals surface area contributed by atoms with Crippen LogP contribution in [0.25, 0.3) is 11.1 Å². The summed E-state index contributed by atoms with van der Waals surface area (Å²) in [5, 5.41) is 6.29. The van der Waals surface area contributed by atoms with E-state index in [1.165, 1.54) is 30.6 Å². The van der Waals surface area contributed by atoms with Crippen molar-refractivity contribution in [2.75, 3.05) is 45.2 Å². The molecular weight excluding hydrogens is 512 g/mol. The number of hydrogen-bond acceptors (Lipinski definition) is 6. The Labute approximate surface area is 217 Å². The lowest BCUT2D eigenvalue weighted by molar-refractivity contribution is -0.117. The summed E-state index contributed by atoms with van der Waals surface area (Å²) in [4.78, 5) is 29.6. The fourth-order valence-electron chi connectivity index (χ4n) is 3.96. The summed E-state index contributed by atoms with van der Waals surface area (Å²) in [7, 11) is 1.29. The Balaban J connectivity index is 1.36. The van der Waals surface area contributed by atoms with Crippen LogP contribution in [-0.4, -0.2) is 61.5 Å². The Kier molecular flexibility index (Phi) is 8.41. The molecule has 1 amide bonds. The number of carbonyl (C=O) groups is 2. The van der Waals surface area contributed by atoms with Crippen LogP contribution < -0.4 is 5.32 Å². The second-order valence-electron chi connectivity index (χ2n) is 8.19. The number of nitrogens with one attached hydrogen (secondary N) is 1. The van der Waals surface area contributed by atoms with Crippen molar-refractivity contribution in [2.45, 2.75) is 6.54 Å². The number of anilines is 1. The first-order valence-corrected chi connectivity index (χ1v) is 12.6. The Hall–Kier alpha value is -2.49. The van der Waals surface area contributed by atoms with Crippen molar-refractivity contribution in [3.63, 3.8) is 0 Å². The number of ether oxygens (including phenoxy) is 1. The van der Waals surface area contributed by atoms with Crippen molar-refractivity contribution in [3.05, 3.63) is 74.8 Å². The summed E-state index contributed by atoms with van der Waals surface area (Å²) >= 11 is 13.5. The lowest BCUT2D eigenvalue weighted by Crippen LogP contribution is -2.48. The van der Waals surface area contributed by atoms with Gasteiger partial charge in [0.05, 0.1) is 13.7 Å². The number of rotatable bonds is 7. The molecule has 0 unspecified atom stereocenters. The van der Waals surface area contributed by atoms with E-state index in [4.69, 9.17) is 27.9 Å². The molecule has 1 saturated heterocycles. The zero-order valence-electron chi connectivity index (χ0n) is 19.0. The van der Waals surface area contributed by atoms with Crippen LogP contribution in [0.5, 0.6) is 0 Å². The van der Waals surface area contributed by atoms with E-state index >= 15 is 0 Å². The van der Waals surface area contributed by atoms with Gasteiger partial charge in [-0.15, -0.1) is 11.3 Å². The van der Waals surface area contributed by atoms with Crippen molar-refractivity contribution in [3.8, 4) is 11.1 Å². The second kappa shape index (κ2) is 11.5. The SMILES string of the molecule is COC(=O)c1c(-c2ccc(F)cc2)csc1NC(=O)CN1CCN(Cc2ccc(Cl)cc2Cl)CC1. The molecule has 6 nitrogen and oxygen atoms in total. The minimum Gasteiger partial charge on any atom is -0.465 e. The lowest BCUT2D eigenvalue weighted by Gasteiger charge is -2.34. The fourth-order valence-corrected chi connectivity index (χ4v) is 5.40. The maximum absolute atomic E-state index is 13.3. The van der Waals surface area contributed by atoms with Gasteiger partial charge in [-0.2, -0.15) is 0 Å². The largest absolute Gasteiger partial charge is 0.465 e. The molecule has 2 aromatic carbocycles. The average molecular weight is 536 g/mol. The number of amides is 1. The molecule has 35 heavy (non-hydrogen) atoms. The first-order valence-electron chi connectivity index (χ1n) is 11.0. The average Bonchev–Trinajstić information content (AvgIpc) is 3.25. The van der Waals surface area contributed by atoms with Crippen molar-refractivity contribution in [1.82, 2.24) is 9.80 Å².